The van der Waals surface area contributed by atoms with Gasteiger partial charge in [0.25, 0.3) is 0 Å². The topological polar surface area (TPSA) is 63.6 Å². The molecule has 0 amide bonds. The zero-order valence-electron chi connectivity index (χ0n) is 6.07. The van der Waals surface area contributed by atoms with Crippen LogP contribution >= 0.6 is 0 Å². The van der Waals surface area contributed by atoms with Gasteiger partial charge < -0.3 is 0 Å². The van der Waals surface area contributed by atoms with Crippen molar-refractivity contribution in [3.8, 4) is 0 Å². The first kappa shape index (κ1) is 14.4. The van der Waals surface area contributed by atoms with Gasteiger partial charge in [0, 0.05) is 0 Å². The van der Waals surface area contributed by atoms with Crippen LogP contribution in [0.2, 0.25) is 0 Å². The van der Waals surface area contributed by atoms with Gasteiger partial charge in [-0.2, -0.15) is 8.42 Å². The quantitative estimate of drug-likeness (QED) is 0.510. The number of hydrogen-bond acceptors (Lipinski definition) is 3. The van der Waals surface area contributed by atoms with Crippen molar-refractivity contribution in [2.75, 3.05) is 6.61 Å². The van der Waals surface area contributed by atoms with Crippen molar-refractivity contribution in [3.05, 3.63) is 0 Å². The fourth-order valence-corrected chi connectivity index (χ4v) is 0.696. The van der Waals surface area contributed by atoms with Crippen molar-refractivity contribution in [2.24, 2.45) is 5.92 Å². The van der Waals surface area contributed by atoms with E-state index >= 15 is 0 Å². The van der Waals surface area contributed by atoms with Gasteiger partial charge in [-0.15, -0.1) is 0 Å². The first-order valence-corrected chi connectivity index (χ1v) is 4.40. The summed E-state index contributed by atoms with van der Waals surface area (Å²) in [5.41, 5.74) is 0. The van der Waals surface area contributed by atoms with Crippen LogP contribution in [-0.2, 0) is 14.6 Å². The summed E-state index contributed by atoms with van der Waals surface area (Å²) in [4.78, 5) is 0. The zero-order valence-corrected chi connectivity index (χ0v) is 6.89. The molecular weight excluding hydrogens is 179 g/mol. The Labute approximate surface area is 89.6 Å². The molecule has 6 heteroatoms. The molecule has 0 saturated carbocycles. The van der Waals surface area contributed by atoms with Crippen molar-refractivity contribution in [1.29, 1.82) is 0 Å². The fraction of sp³-hybridized carbons (Fsp3) is 1.00. The maximum atomic E-state index is 9.95. The van der Waals surface area contributed by atoms with Crippen LogP contribution in [0.5, 0.6) is 0 Å². The minimum absolute atomic E-state index is 0. The molecule has 0 aliphatic heterocycles. The fourth-order valence-electron chi connectivity index (χ4n) is 0.389. The molecule has 0 radical (unpaired) electrons. The maximum absolute atomic E-state index is 9.95. The Bertz CT molecular complexity index is 175. The molecule has 0 aromatic rings. The summed E-state index contributed by atoms with van der Waals surface area (Å²) in [5, 5.41) is 0. The van der Waals surface area contributed by atoms with Crippen molar-refractivity contribution < 1.29 is 17.2 Å². The summed E-state index contributed by atoms with van der Waals surface area (Å²) in [6.45, 7) is 3.93. The van der Waals surface area contributed by atoms with E-state index in [1.807, 2.05) is 13.8 Å². The molecule has 0 aliphatic rings. The van der Waals surface area contributed by atoms with Gasteiger partial charge in [0.2, 0.25) is 0 Å². The molecule has 0 aliphatic carbocycles. The predicted octanol–water partition coefficient (Wildman–Crippen LogP) is 0.203. The number of rotatable bonds is 4. The van der Waals surface area contributed by atoms with Gasteiger partial charge in [0.1, 0.15) is 0 Å². The molecule has 0 atom stereocenters. The van der Waals surface area contributed by atoms with Gasteiger partial charge in [0.05, 0.1) is 6.61 Å². The summed E-state index contributed by atoms with van der Waals surface area (Å²) in [5.74, 6) is 0.377. The standard InChI is InChI=1S/C5H12O4S.Na.H/c1-5(2)3-4-9-10(6,7)8;;/h5H,3-4H2,1-2H3,(H,6,7,8);;. The van der Waals surface area contributed by atoms with E-state index in [9.17, 15) is 8.42 Å². The summed E-state index contributed by atoms with van der Waals surface area (Å²) >= 11 is 0. The van der Waals surface area contributed by atoms with Crippen LogP contribution in [0.25, 0.3) is 0 Å². The Morgan fingerprint density at radius 2 is 1.91 bits per heavy atom. The first-order chi connectivity index (χ1) is 4.42. The van der Waals surface area contributed by atoms with Gasteiger partial charge in [-0.3, -0.25) is 4.55 Å². The Balaban J connectivity index is 0. The van der Waals surface area contributed by atoms with E-state index in [0.717, 1.165) is 0 Å². The van der Waals surface area contributed by atoms with E-state index in [-0.39, 0.29) is 36.2 Å². The van der Waals surface area contributed by atoms with E-state index in [2.05, 4.69) is 4.18 Å². The Hall–Kier alpha value is 0.870. The molecule has 0 unspecified atom stereocenters. The molecule has 4 nitrogen and oxygen atoms in total. The van der Waals surface area contributed by atoms with E-state index < -0.39 is 10.4 Å². The Morgan fingerprint density at radius 3 is 2.18 bits per heavy atom. The molecular formula is C5H13NaO4S. The van der Waals surface area contributed by atoms with Crippen molar-refractivity contribution in [3.63, 3.8) is 0 Å². The number of hydrogen-bond donors (Lipinski definition) is 1. The van der Waals surface area contributed by atoms with E-state index in [1.165, 1.54) is 0 Å². The Morgan fingerprint density at radius 1 is 1.45 bits per heavy atom. The predicted molar refractivity (Wildman–Crippen MR) is 44.1 cm³/mol. The monoisotopic (exact) mass is 192 g/mol. The van der Waals surface area contributed by atoms with Gasteiger partial charge in [-0.05, 0) is 12.3 Å². The van der Waals surface area contributed by atoms with Crippen LogP contribution in [0, 0.1) is 5.92 Å². The molecule has 0 rings (SSSR count). The van der Waals surface area contributed by atoms with Crippen molar-refractivity contribution in [2.45, 2.75) is 20.3 Å². The molecule has 0 aromatic carbocycles. The molecule has 0 heterocycles. The van der Waals surface area contributed by atoms with Crippen LogP contribution in [0.1, 0.15) is 20.3 Å². The molecule has 11 heavy (non-hydrogen) atoms. The van der Waals surface area contributed by atoms with Gasteiger partial charge in [-0.25, -0.2) is 4.18 Å². The average molecular weight is 192 g/mol. The molecule has 0 aromatic heterocycles. The molecule has 64 valence electrons. The second kappa shape index (κ2) is 6.39. The summed E-state index contributed by atoms with van der Waals surface area (Å²) in [6, 6.07) is 0. The van der Waals surface area contributed by atoms with Crippen LogP contribution in [-0.4, -0.2) is 49.1 Å². The van der Waals surface area contributed by atoms with Crippen molar-refractivity contribution >= 4 is 40.0 Å². The molecule has 0 bridgehead atoms. The SMILES string of the molecule is CC(C)CCOS(=O)(=O)O.[NaH]. The zero-order chi connectivity index (χ0) is 8.20. The second-order valence-corrected chi connectivity index (χ2v) is 3.52. The summed E-state index contributed by atoms with van der Waals surface area (Å²) in [6.07, 6.45) is 0.625. The van der Waals surface area contributed by atoms with E-state index in [4.69, 9.17) is 4.55 Å². The van der Waals surface area contributed by atoms with Crippen molar-refractivity contribution in [1.82, 2.24) is 0 Å². The van der Waals surface area contributed by atoms with E-state index in [0.29, 0.717) is 12.3 Å². The van der Waals surface area contributed by atoms with E-state index in [1.54, 1.807) is 0 Å². The third-order valence-electron chi connectivity index (χ3n) is 0.927. The normalized spacial score (nSPS) is 11.3. The average Bonchev–Trinajstić information content (AvgIpc) is 1.59. The van der Waals surface area contributed by atoms with Gasteiger partial charge in [0.15, 0.2) is 0 Å². The molecule has 0 saturated heterocycles. The third-order valence-corrected chi connectivity index (χ3v) is 1.39. The molecule has 0 fully saturated rings. The third kappa shape index (κ3) is 13.8. The van der Waals surface area contributed by atoms with Crippen LogP contribution in [0.15, 0.2) is 0 Å². The summed E-state index contributed by atoms with van der Waals surface area (Å²) < 4.78 is 32.0. The van der Waals surface area contributed by atoms with Crippen LogP contribution < -0.4 is 0 Å². The van der Waals surface area contributed by atoms with Gasteiger partial charge >= 0.3 is 40.0 Å². The Kier molecular flexibility index (Phi) is 8.37. The summed E-state index contributed by atoms with van der Waals surface area (Å²) in [7, 11) is -4.22. The molecule has 0 spiro atoms. The van der Waals surface area contributed by atoms with Crippen LogP contribution in [0.4, 0.5) is 0 Å². The second-order valence-electron chi connectivity index (χ2n) is 2.43. The molecule has 1 N–H and O–H groups in total. The first-order valence-electron chi connectivity index (χ1n) is 3.03. The van der Waals surface area contributed by atoms with Gasteiger partial charge in [-0.1, -0.05) is 13.8 Å². The van der Waals surface area contributed by atoms with Crippen LogP contribution in [0.3, 0.4) is 0 Å². The minimum atomic E-state index is -4.22.